The zero-order valence-corrected chi connectivity index (χ0v) is 16.0. The van der Waals surface area contributed by atoms with E-state index in [9.17, 15) is 4.79 Å². The van der Waals surface area contributed by atoms with Crippen LogP contribution in [-0.2, 0) is 11.3 Å². The molecule has 0 saturated carbocycles. The summed E-state index contributed by atoms with van der Waals surface area (Å²) in [5, 5.41) is 1.06. The molecule has 26 heavy (non-hydrogen) atoms. The summed E-state index contributed by atoms with van der Waals surface area (Å²) in [6.07, 6.45) is 0. The Morgan fingerprint density at radius 2 is 1.85 bits per heavy atom. The van der Waals surface area contributed by atoms with Gasteiger partial charge in [0.25, 0.3) is 5.91 Å². The van der Waals surface area contributed by atoms with Gasteiger partial charge in [0, 0.05) is 21.0 Å². The fraction of sp³-hybridized carbons (Fsp3) is 0.190. The average molecular weight is 406 g/mol. The highest BCUT2D eigenvalue weighted by Crippen LogP contribution is 2.42. The topological polar surface area (TPSA) is 45.6 Å². The molecule has 1 aromatic heterocycles. The Bertz CT molecular complexity index is 1120. The van der Waals surface area contributed by atoms with Crippen LogP contribution >= 0.6 is 15.9 Å². The molecule has 0 spiro atoms. The Hall–Kier alpha value is -2.53. The minimum atomic E-state index is -0.628. The average Bonchev–Trinajstić information content (AvgIpc) is 3.09. The van der Waals surface area contributed by atoms with E-state index in [0.717, 1.165) is 43.6 Å². The molecule has 5 heteroatoms. The molecule has 3 aromatic rings. The summed E-state index contributed by atoms with van der Waals surface area (Å²) in [5.74, 6) is 0.662. The summed E-state index contributed by atoms with van der Waals surface area (Å²) in [4.78, 5) is 23.8. The zero-order valence-electron chi connectivity index (χ0n) is 14.5. The van der Waals surface area contributed by atoms with E-state index < -0.39 is 5.54 Å². The van der Waals surface area contributed by atoms with Gasteiger partial charge in [-0.2, -0.15) is 4.99 Å². The highest BCUT2D eigenvalue weighted by molar-refractivity contribution is 9.10. The summed E-state index contributed by atoms with van der Waals surface area (Å²) < 4.78 is 1.00. The summed E-state index contributed by atoms with van der Waals surface area (Å²) in [6, 6.07) is 16.4. The lowest BCUT2D eigenvalue weighted by atomic mass is 9.94. The first-order valence-corrected chi connectivity index (χ1v) is 9.35. The van der Waals surface area contributed by atoms with Gasteiger partial charge in [0.15, 0.2) is 0 Å². The molecule has 0 radical (unpaired) electrons. The number of aliphatic imine (C=N–C) groups is 1. The van der Waals surface area contributed by atoms with Crippen molar-refractivity contribution >= 4 is 38.6 Å². The van der Waals surface area contributed by atoms with E-state index >= 15 is 0 Å². The Kier molecular flexibility index (Phi) is 3.16. The minimum Gasteiger partial charge on any atom is -0.336 e. The van der Waals surface area contributed by atoms with Gasteiger partial charge in [-0.1, -0.05) is 46.3 Å². The summed E-state index contributed by atoms with van der Waals surface area (Å²) in [6.45, 7) is 4.46. The third-order valence-electron chi connectivity index (χ3n) is 5.28. The fourth-order valence-corrected chi connectivity index (χ4v) is 4.19. The number of hydrogen-bond acceptors (Lipinski definition) is 3. The van der Waals surface area contributed by atoms with Crippen molar-refractivity contribution in [2.45, 2.75) is 25.9 Å². The van der Waals surface area contributed by atoms with Gasteiger partial charge < -0.3 is 4.90 Å². The highest BCUT2D eigenvalue weighted by Gasteiger charge is 2.48. The van der Waals surface area contributed by atoms with Crippen molar-refractivity contribution in [1.29, 1.82) is 0 Å². The van der Waals surface area contributed by atoms with Crippen LogP contribution in [0, 0.1) is 0 Å². The van der Waals surface area contributed by atoms with Crippen molar-refractivity contribution in [1.82, 2.24) is 9.88 Å². The molecular weight excluding hydrogens is 390 g/mol. The van der Waals surface area contributed by atoms with Gasteiger partial charge in [0.05, 0.1) is 17.8 Å². The number of amides is 1. The first kappa shape index (κ1) is 15.7. The van der Waals surface area contributed by atoms with Crippen LogP contribution in [0.3, 0.4) is 0 Å². The monoisotopic (exact) mass is 405 g/mol. The van der Waals surface area contributed by atoms with E-state index in [4.69, 9.17) is 4.98 Å². The molecule has 4 nitrogen and oxygen atoms in total. The molecule has 0 saturated heterocycles. The molecule has 0 bridgehead atoms. The zero-order chi connectivity index (χ0) is 18.1. The van der Waals surface area contributed by atoms with Gasteiger partial charge in [-0.25, -0.2) is 0 Å². The second-order valence-corrected chi connectivity index (χ2v) is 8.14. The number of benzene rings is 2. The minimum absolute atomic E-state index is 0.0912. The number of aromatic nitrogens is 1. The van der Waals surface area contributed by atoms with Crippen LogP contribution in [0.5, 0.6) is 0 Å². The van der Waals surface area contributed by atoms with Gasteiger partial charge >= 0.3 is 0 Å². The van der Waals surface area contributed by atoms with Crippen LogP contribution in [0.1, 0.15) is 25.1 Å². The van der Waals surface area contributed by atoms with E-state index in [0.29, 0.717) is 6.54 Å². The van der Waals surface area contributed by atoms with Crippen molar-refractivity contribution in [3.8, 4) is 11.1 Å². The van der Waals surface area contributed by atoms with E-state index in [1.165, 1.54) is 0 Å². The Morgan fingerprint density at radius 1 is 1.08 bits per heavy atom. The molecular formula is C21H16BrN3O. The predicted molar refractivity (Wildman–Crippen MR) is 106 cm³/mol. The molecule has 128 valence electrons. The van der Waals surface area contributed by atoms with E-state index in [-0.39, 0.29) is 5.91 Å². The lowest BCUT2D eigenvalue weighted by molar-refractivity contribution is -0.124. The largest absolute Gasteiger partial charge is 0.336 e. The van der Waals surface area contributed by atoms with Gasteiger partial charge in [0.1, 0.15) is 11.4 Å². The van der Waals surface area contributed by atoms with Crippen LogP contribution in [-0.4, -0.2) is 27.2 Å². The molecule has 0 atom stereocenters. The number of carbonyl (C=O) groups excluding carboxylic acids is 1. The van der Waals surface area contributed by atoms with Gasteiger partial charge in [-0.3, -0.25) is 9.78 Å². The normalized spacial score (nSPS) is 17.4. The number of nitrogens with zero attached hydrogens (tertiary/aromatic N) is 3. The van der Waals surface area contributed by atoms with Gasteiger partial charge in [-0.15, -0.1) is 0 Å². The van der Waals surface area contributed by atoms with E-state index in [1.807, 2.05) is 44.2 Å². The van der Waals surface area contributed by atoms with E-state index in [2.05, 4.69) is 44.0 Å². The molecule has 2 aromatic carbocycles. The highest BCUT2D eigenvalue weighted by atomic mass is 79.9. The molecule has 3 heterocycles. The summed E-state index contributed by atoms with van der Waals surface area (Å²) in [5.41, 5.74) is 4.50. The van der Waals surface area contributed by atoms with Crippen LogP contribution in [0.15, 0.2) is 58.0 Å². The molecule has 5 rings (SSSR count). The second-order valence-electron chi connectivity index (χ2n) is 7.22. The Labute approximate surface area is 159 Å². The number of carbonyl (C=O) groups is 1. The summed E-state index contributed by atoms with van der Waals surface area (Å²) >= 11 is 3.58. The number of hydrogen-bond donors (Lipinski definition) is 0. The number of amidine groups is 1. The lowest BCUT2D eigenvalue weighted by Crippen LogP contribution is -2.43. The van der Waals surface area contributed by atoms with Crippen molar-refractivity contribution in [3.05, 3.63) is 64.3 Å². The lowest BCUT2D eigenvalue weighted by Gasteiger charge is -2.27. The van der Waals surface area contributed by atoms with Gasteiger partial charge in [-0.05, 0) is 37.6 Å². The molecule has 0 aliphatic carbocycles. The molecule has 2 aliphatic heterocycles. The number of rotatable bonds is 1. The maximum atomic E-state index is 12.4. The van der Waals surface area contributed by atoms with Crippen LogP contribution < -0.4 is 0 Å². The molecule has 0 fully saturated rings. The van der Waals surface area contributed by atoms with Crippen LogP contribution in [0.25, 0.3) is 22.0 Å². The predicted octanol–water partition coefficient (Wildman–Crippen LogP) is 4.55. The fourth-order valence-electron chi connectivity index (χ4n) is 3.83. The molecule has 0 unspecified atom stereocenters. The van der Waals surface area contributed by atoms with Gasteiger partial charge in [0.2, 0.25) is 0 Å². The quantitative estimate of drug-likeness (QED) is 0.596. The maximum Gasteiger partial charge on any atom is 0.272 e. The maximum absolute atomic E-state index is 12.4. The second kappa shape index (κ2) is 5.24. The SMILES string of the molecule is CC1(C)C(=O)N=C2c3c(nc4ccc(Br)cc4c3-c3ccccc3)CN21. The third-order valence-corrected chi connectivity index (χ3v) is 5.77. The summed E-state index contributed by atoms with van der Waals surface area (Å²) in [7, 11) is 0. The number of halogens is 1. The Balaban J connectivity index is 1.90. The third kappa shape index (κ3) is 2.04. The first-order valence-electron chi connectivity index (χ1n) is 8.55. The van der Waals surface area contributed by atoms with Crippen LogP contribution in [0.4, 0.5) is 0 Å². The molecule has 1 amide bonds. The number of pyridine rings is 1. The van der Waals surface area contributed by atoms with Crippen molar-refractivity contribution in [2.24, 2.45) is 4.99 Å². The van der Waals surface area contributed by atoms with Crippen molar-refractivity contribution in [2.75, 3.05) is 0 Å². The van der Waals surface area contributed by atoms with Crippen molar-refractivity contribution in [3.63, 3.8) is 0 Å². The molecule has 0 N–H and O–H groups in total. The smallest absolute Gasteiger partial charge is 0.272 e. The van der Waals surface area contributed by atoms with Crippen molar-refractivity contribution < 1.29 is 4.79 Å². The Morgan fingerprint density at radius 3 is 2.62 bits per heavy atom. The van der Waals surface area contributed by atoms with E-state index in [1.54, 1.807) is 0 Å². The van der Waals surface area contributed by atoms with Crippen LogP contribution in [0.2, 0.25) is 0 Å². The first-order chi connectivity index (χ1) is 12.5. The standard InChI is InChI=1S/C21H16BrN3O/c1-21(2)20(26)24-19-18-16(11-25(19)21)23-15-9-8-13(22)10-14(15)17(18)12-6-4-3-5-7-12/h3-10H,11H2,1-2H3. The molecule has 2 aliphatic rings. The number of fused-ring (bicyclic) bond motifs is 4.